The molecule has 0 aromatic carbocycles. The Kier molecular flexibility index (Phi) is 4.50. The van der Waals surface area contributed by atoms with Gasteiger partial charge < -0.3 is 4.90 Å². The Morgan fingerprint density at radius 1 is 1.21 bits per heavy atom. The van der Waals surface area contributed by atoms with Gasteiger partial charge in [-0.25, -0.2) is 4.98 Å². The zero-order valence-corrected chi connectivity index (χ0v) is 17.4. The summed E-state index contributed by atoms with van der Waals surface area (Å²) in [5.41, 5.74) is 4.90. The van der Waals surface area contributed by atoms with Crippen LogP contribution < -0.4 is 0 Å². The Morgan fingerprint density at radius 3 is 2.64 bits per heavy atom. The number of thiophene rings is 1. The number of amides is 1. The SMILES string of the molecule is Cc1nn(C)cc1CN(C)C(=O)c1cc(-c2cccs2)nc2c1c(C)nn2C. The molecule has 0 spiro atoms. The predicted molar refractivity (Wildman–Crippen MR) is 110 cm³/mol. The van der Waals surface area contributed by atoms with Crippen LogP contribution in [0.3, 0.4) is 0 Å². The maximum atomic E-state index is 13.4. The number of hydrogen-bond acceptors (Lipinski definition) is 5. The van der Waals surface area contributed by atoms with Gasteiger partial charge in [-0.1, -0.05) is 6.07 Å². The van der Waals surface area contributed by atoms with Crippen molar-refractivity contribution in [1.82, 2.24) is 29.4 Å². The third-order valence-electron chi connectivity index (χ3n) is 4.84. The third kappa shape index (κ3) is 3.09. The van der Waals surface area contributed by atoms with Crippen LogP contribution >= 0.6 is 11.3 Å². The lowest BCUT2D eigenvalue weighted by molar-refractivity contribution is 0.0787. The highest BCUT2D eigenvalue weighted by Crippen LogP contribution is 2.30. The molecule has 0 saturated carbocycles. The predicted octanol–water partition coefficient (Wildman–Crippen LogP) is 3.32. The van der Waals surface area contributed by atoms with Crippen molar-refractivity contribution >= 4 is 28.3 Å². The van der Waals surface area contributed by atoms with Crippen molar-refractivity contribution in [3.8, 4) is 10.6 Å². The first kappa shape index (κ1) is 18.4. The van der Waals surface area contributed by atoms with Gasteiger partial charge in [0, 0.05) is 39.4 Å². The Morgan fingerprint density at radius 2 is 2.00 bits per heavy atom. The minimum Gasteiger partial charge on any atom is -0.337 e. The molecule has 0 bridgehead atoms. The highest BCUT2D eigenvalue weighted by Gasteiger charge is 2.22. The van der Waals surface area contributed by atoms with E-state index in [0.717, 1.165) is 38.6 Å². The summed E-state index contributed by atoms with van der Waals surface area (Å²) in [6, 6.07) is 5.88. The maximum Gasteiger partial charge on any atom is 0.254 e. The quantitative estimate of drug-likeness (QED) is 0.532. The summed E-state index contributed by atoms with van der Waals surface area (Å²) in [6.07, 6.45) is 1.95. The van der Waals surface area contributed by atoms with Gasteiger partial charge in [0.15, 0.2) is 5.65 Å². The second-order valence-electron chi connectivity index (χ2n) is 7.01. The Balaban J connectivity index is 1.80. The topological polar surface area (TPSA) is 68.8 Å². The monoisotopic (exact) mass is 394 g/mol. The molecule has 0 atom stereocenters. The first-order valence-corrected chi connectivity index (χ1v) is 9.86. The number of pyridine rings is 1. The van der Waals surface area contributed by atoms with Crippen molar-refractivity contribution in [3.05, 3.63) is 52.3 Å². The van der Waals surface area contributed by atoms with Gasteiger partial charge in [-0.2, -0.15) is 10.2 Å². The molecule has 4 aromatic rings. The molecular weight excluding hydrogens is 372 g/mol. The van der Waals surface area contributed by atoms with Gasteiger partial charge >= 0.3 is 0 Å². The van der Waals surface area contributed by atoms with Gasteiger partial charge in [0.2, 0.25) is 0 Å². The fourth-order valence-electron chi connectivity index (χ4n) is 3.50. The Hall–Kier alpha value is -3.00. The van der Waals surface area contributed by atoms with E-state index >= 15 is 0 Å². The van der Waals surface area contributed by atoms with E-state index in [4.69, 9.17) is 4.98 Å². The van der Waals surface area contributed by atoms with Crippen molar-refractivity contribution in [1.29, 1.82) is 0 Å². The molecule has 0 N–H and O–H groups in total. The van der Waals surface area contributed by atoms with E-state index in [2.05, 4.69) is 10.2 Å². The number of aryl methyl sites for hydroxylation is 4. The van der Waals surface area contributed by atoms with E-state index in [1.54, 1.807) is 25.6 Å². The van der Waals surface area contributed by atoms with Crippen molar-refractivity contribution in [2.24, 2.45) is 14.1 Å². The molecule has 4 heterocycles. The fourth-order valence-corrected chi connectivity index (χ4v) is 4.19. The summed E-state index contributed by atoms with van der Waals surface area (Å²) < 4.78 is 3.51. The number of nitrogens with zero attached hydrogens (tertiary/aromatic N) is 6. The van der Waals surface area contributed by atoms with Gasteiger partial charge in [0.05, 0.1) is 32.9 Å². The standard InChI is InChI=1S/C20H22N6OS/c1-12-14(11-25(4)22-12)10-24(3)20(27)15-9-16(17-7-6-8-28-17)21-19-18(15)13(2)23-26(19)5/h6-9,11H,10H2,1-5H3. The van der Waals surface area contributed by atoms with Crippen LogP contribution in [0.4, 0.5) is 0 Å². The van der Waals surface area contributed by atoms with Crippen LogP contribution in [0.15, 0.2) is 29.8 Å². The number of fused-ring (bicyclic) bond motifs is 1. The zero-order chi connectivity index (χ0) is 20.0. The van der Waals surface area contributed by atoms with Crippen LogP contribution in [0.2, 0.25) is 0 Å². The molecule has 0 unspecified atom stereocenters. The smallest absolute Gasteiger partial charge is 0.254 e. The summed E-state index contributed by atoms with van der Waals surface area (Å²) in [7, 11) is 5.56. The molecule has 144 valence electrons. The molecule has 28 heavy (non-hydrogen) atoms. The average molecular weight is 395 g/mol. The van der Waals surface area contributed by atoms with Crippen LogP contribution in [-0.4, -0.2) is 42.4 Å². The van der Waals surface area contributed by atoms with Gasteiger partial charge in [0.25, 0.3) is 5.91 Å². The molecule has 0 aliphatic carbocycles. The molecule has 0 radical (unpaired) electrons. The van der Waals surface area contributed by atoms with Gasteiger partial charge in [-0.05, 0) is 31.4 Å². The van der Waals surface area contributed by atoms with Crippen molar-refractivity contribution in [2.75, 3.05) is 7.05 Å². The number of aromatic nitrogens is 5. The first-order chi connectivity index (χ1) is 13.3. The minimum atomic E-state index is -0.0513. The molecular formula is C20H22N6OS. The molecule has 4 aromatic heterocycles. The van der Waals surface area contributed by atoms with Crippen molar-refractivity contribution < 1.29 is 4.79 Å². The second-order valence-corrected chi connectivity index (χ2v) is 7.96. The lowest BCUT2D eigenvalue weighted by Crippen LogP contribution is -2.26. The fraction of sp³-hybridized carbons (Fsp3) is 0.300. The van der Waals surface area contributed by atoms with E-state index in [-0.39, 0.29) is 5.91 Å². The van der Waals surface area contributed by atoms with Crippen molar-refractivity contribution in [3.63, 3.8) is 0 Å². The number of carbonyl (C=O) groups is 1. The van der Waals surface area contributed by atoms with Gasteiger partial charge in [-0.3, -0.25) is 14.2 Å². The zero-order valence-electron chi connectivity index (χ0n) is 16.6. The molecule has 7 nitrogen and oxygen atoms in total. The van der Waals surface area contributed by atoms with Crippen LogP contribution in [0.5, 0.6) is 0 Å². The maximum absolute atomic E-state index is 13.4. The minimum absolute atomic E-state index is 0.0513. The summed E-state index contributed by atoms with van der Waals surface area (Å²) in [6.45, 7) is 4.37. The van der Waals surface area contributed by atoms with Gasteiger partial charge in [0.1, 0.15) is 0 Å². The summed E-state index contributed by atoms with van der Waals surface area (Å²) in [5, 5.41) is 11.7. The lowest BCUT2D eigenvalue weighted by atomic mass is 10.1. The molecule has 4 rings (SSSR count). The van der Waals surface area contributed by atoms with E-state index in [0.29, 0.717) is 12.1 Å². The summed E-state index contributed by atoms with van der Waals surface area (Å²) in [5.74, 6) is -0.0513. The molecule has 0 aliphatic heterocycles. The first-order valence-electron chi connectivity index (χ1n) is 8.98. The Bertz CT molecular complexity index is 1170. The van der Waals surface area contributed by atoms with Crippen molar-refractivity contribution in [2.45, 2.75) is 20.4 Å². The van der Waals surface area contributed by atoms with E-state index in [1.165, 1.54) is 0 Å². The molecule has 8 heteroatoms. The van der Waals surface area contributed by atoms with Crippen LogP contribution in [0, 0.1) is 13.8 Å². The second kappa shape index (κ2) is 6.87. The van der Waals surface area contributed by atoms with E-state index in [1.807, 2.05) is 64.8 Å². The molecule has 1 amide bonds. The summed E-state index contributed by atoms with van der Waals surface area (Å²) in [4.78, 5) is 20.9. The highest BCUT2D eigenvalue weighted by molar-refractivity contribution is 7.13. The van der Waals surface area contributed by atoms with Gasteiger partial charge in [-0.15, -0.1) is 11.3 Å². The molecule has 0 aliphatic rings. The molecule has 0 fully saturated rings. The average Bonchev–Trinajstić information content (AvgIpc) is 3.35. The third-order valence-corrected chi connectivity index (χ3v) is 5.73. The lowest BCUT2D eigenvalue weighted by Gasteiger charge is -2.18. The van der Waals surface area contributed by atoms with E-state index in [9.17, 15) is 4.79 Å². The number of rotatable bonds is 4. The van der Waals surface area contributed by atoms with Crippen LogP contribution in [0.25, 0.3) is 21.6 Å². The normalized spacial score (nSPS) is 11.3. The Labute approximate surface area is 167 Å². The van der Waals surface area contributed by atoms with Crippen LogP contribution in [0.1, 0.15) is 27.3 Å². The largest absolute Gasteiger partial charge is 0.337 e. The molecule has 0 saturated heterocycles. The number of hydrogen-bond donors (Lipinski definition) is 0. The van der Waals surface area contributed by atoms with Crippen LogP contribution in [-0.2, 0) is 20.6 Å². The number of carbonyl (C=O) groups excluding carboxylic acids is 1. The van der Waals surface area contributed by atoms with E-state index < -0.39 is 0 Å². The highest BCUT2D eigenvalue weighted by atomic mass is 32.1. The summed E-state index contributed by atoms with van der Waals surface area (Å²) >= 11 is 1.61.